The lowest BCUT2D eigenvalue weighted by atomic mass is 9.98. The van der Waals surface area contributed by atoms with Gasteiger partial charge in [-0.05, 0) is 36.2 Å². The molecular weight excluding hydrogens is 378 g/mol. The van der Waals surface area contributed by atoms with Crippen LogP contribution in [-0.4, -0.2) is 35.6 Å². The fraction of sp³-hybridized carbons (Fsp3) is 0.375. The highest BCUT2D eigenvalue weighted by molar-refractivity contribution is 5.91. The van der Waals surface area contributed by atoms with Crippen molar-refractivity contribution in [1.82, 2.24) is 14.8 Å². The van der Waals surface area contributed by atoms with Crippen molar-refractivity contribution < 1.29 is 13.9 Å². The first-order valence-corrected chi connectivity index (χ1v) is 10.5. The van der Waals surface area contributed by atoms with Crippen LogP contribution in [0.3, 0.4) is 0 Å². The highest BCUT2D eigenvalue weighted by Crippen LogP contribution is 2.38. The largest absolute Gasteiger partial charge is 0.496 e. The van der Waals surface area contributed by atoms with Crippen LogP contribution in [0.1, 0.15) is 47.5 Å². The van der Waals surface area contributed by atoms with Gasteiger partial charge in [0.1, 0.15) is 11.5 Å². The lowest BCUT2D eigenvalue weighted by Crippen LogP contribution is -2.38. The molecule has 0 saturated heterocycles. The molecule has 4 rings (SSSR count). The number of fused-ring (bicyclic) bond motifs is 1. The molecule has 6 nitrogen and oxygen atoms in total. The molecule has 1 aromatic carbocycles. The van der Waals surface area contributed by atoms with Gasteiger partial charge < -0.3 is 19.0 Å². The maximum atomic E-state index is 12.3. The topological polar surface area (TPSA) is 59.6 Å². The van der Waals surface area contributed by atoms with Crippen LogP contribution in [0, 0.1) is 5.92 Å². The second-order valence-electron chi connectivity index (χ2n) is 8.11. The molecule has 0 radical (unpaired) electrons. The number of carbonyl (C=O) groups excluding carboxylic acids is 1. The maximum Gasteiger partial charge on any atom is 0.287 e. The van der Waals surface area contributed by atoms with E-state index in [1.165, 1.54) is 5.69 Å². The number of aromatic nitrogens is 1. The lowest BCUT2D eigenvalue weighted by molar-refractivity contribution is 0.0914. The molecular formula is C24H29N3O3. The predicted molar refractivity (Wildman–Crippen MR) is 116 cm³/mol. The Morgan fingerprint density at radius 3 is 2.80 bits per heavy atom. The average Bonchev–Trinajstić information content (AvgIpc) is 3.41. The predicted octanol–water partition coefficient (Wildman–Crippen LogP) is 4.08. The van der Waals surface area contributed by atoms with Gasteiger partial charge in [-0.3, -0.25) is 9.69 Å². The third-order valence-electron chi connectivity index (χ3n) is 5.49. The molecule has 158 valence electrons. The Balaban J connectivity index is 1.58. The lowest BCUT2D eigenvalue weighted by Gasteiger charge is -2.37. The van der Waals surface area contributed by atoms with Crippen LogP contribution >= 0.6 is 0 Å². The second-order valence-corrected chi connectivity index (χ2v) is 8.11. The van der Waals surface area contributed by atoms with Gasteiger partial charge in [0.25, 0.3) is 5.91 Å². The minimum Gasteiger partial charge on any atom is -0.496 e. The highest BCUT2D eigenvalue weighted by atomic mass is 16.5. The summed E-state index contributed by atoms with van der Waals surface area (Å²) in [6.45, 7) is 7.17. The molecule has 1 aliphatic rings. The fourth-order valence-corrected chi connectivity index (χ4v) is 4.02. The van der Waals surface area contributed by atoms with E-state index < -0.39 is 0 Å². The van der Waals surface area contributed by atoms with Crippen LogP contribution in [-0.2, 0) is 13.1 Å². The number of para-hydroxylation sites is 1. The molecule has 0 aliphatic carbocycles. The van der Waals surface area contributed by atoms with E-state index in [4.69, 9.17) is 9.15 Å². The summed E-state index contributed by atoms with van der Waals surface area (Å²) in [5, 5.41) is 2.91. The number of nitrogens with one attached hydrogen (secondary N) is 1. The normalized spacial score (nSPS) is 16.5. The fourth-order valence-electron chi connectivity index (χ4n) is 4.02. The van der Waals surface area contributed by atoms with E-state index in [9.17, 15) is 4.79 Å². The van der Waals surface area contributed by atoms with Gasteiger partial charge in [-0.25, -0.2) is 0 Å². The number of furan rings is 1. The molecule has 0 fully saturated rings. The number of amides is 1. The standard InChI is InChI=1S/C24H29N3O3/c1-17(2)15-25-24(28)22-11-10-18(30-22)16-27-14-13-26-12-6-8-20(26)23(27)19-7-4-5-9-21(19)29-3/h4-12,17,23H,13-16H2,1-3H3,(H,25,28)/t23-/m0/s1. The number of ether oxygens (including phenoxy) is 1. The third kappa shape index (κ3) is 4.14. The van der Waals surface area contributed by atoms with Gasteiger partial charge in [0.05, 0.1) is 19.7 Å². The number of rotatable bonds is 7. The molecule has 0 unspecified atom stereocenters. The van der Waals surface area contributed by atoms with E-state index >= 15 is 0 Å². The first-order valence-electron chi connectivity index (χ1n) is 10.5. The van der Waals surface area contributed by atoms with Crippen molar-refractivity contribution in [3.05, 3.63) is 77.5 Å². The molecule has 1 atom stereocenters. The van der Waals surface area contributed by atoms with Crippen LogP contribution in [0.2, 0.25) is 0 Å². The van der Waals surface area contributed by atoms with Gasteiger partial charge in [0.2, 0.25) is 0 Å². The number of benzene rings is 1. The third-order valence-corrected chi connectivity index (χ3v) is 5.49. The molecule has 0 saturated carbocycles. The molecule has 0 spiro atoms. The zero-order valence-corrected chi connectivity index (χ0v) is 17.8. The summed E-state index contributed by atoms with van der Waals surface area (Å²) in [5.41, 5.74) is 2.35. The Morgan fingerprint density at radius 2 is 2.00 bits per heavy atom. The van der Waals surface area contributed by atoms with Gasteiger partial charge in [0, 0.05) is 37.1 Å². The highest BCUT2D eigenvalue weighted by Gasteiger charge is 2.31. The Bertz CT molecular complexity index is 1000. The molecule has 3 aromatic rings. The van der Waals surface area contributed by atoms with Crippen LogP contribution in [0.4, 0.5) is 0 Å². The minimum atomic E-state index is -0.163. The Labute approximate surface area is 177 Å². The zero-order valence-electron chi connectivity index (χ0n) is 17.8. The van der Waals surface area contributed by atoms with E-state index in [1.54, 1.807) is 13.2 Å². The van der Waals surface area contributed by atoms with Crippen LogP contribution < -0.4 is 10.1 Å². The molecule has 1 N–H and O–H groups in total. The summed E-state index contributed by atoms with van der Waals surface area (Å²) in [4.78, 5) is 14.7. The first kappa shape index (κ1) is 20.3. The van der Waals surface area contributed by atoms with E-state index in [1.807, 2.05) is 24.3 Å². The monoisotopic (exact) mass is 407 g/mol. The van der Waals surface area contributed by atoms with Gasteiger partial charge in [-0.15, -0.1) is 0 Å². The quantitative estimate of drug-likeness (QED) is 0.641. The van der Waals surface area contributed by atoms with Crippen LogP contribution in [0.25, 0.3) is 0 Å². The number of methoxy groups -OCH3 is 1. The summed E-state index contributed by atoms with van der Waals surface area (Å²) >= 11 is 0. The van der Waals surface area contributed by atoms with Crippen molar-refractivity contribution in [3.8, 4) is 5.75 Å². The molecule has 30 heavy (non-hydrogen) atoms. The Hall–Kier alpha value is -2.99. The van der Waals surface area contributed by atoms with E-state index in [0.29, 0.717) is 24.8 Å². The molecule has 1 aliphatic heterocycles. The summed E-state index contributed by atoms with van der Waals surface area (Å²) in [5.74, 6) is 2.25. The summed E-state index contributed by atoms with van der Waals surface area (Å²) in [6.07, 6.45) is 2.12. The first-order chi connectivity index (χ1) is 14.6. The van der Waals surface area contributed by atoms with Crippen molar-refractivity contribution in [2.24, 2.45) is 5.92 Å². The molecule has 6 heteroatoms. The van der Waals surface area contributed by atoms with Crippen molar-refractivity contribution in [3.63, 3.8) is 0 Å². The van der Waals surface area contributed by atoms with Crippen molar-refractivity contribution in [2.75, 3.05) is 20.2 Å². The SMILES string of the molecule is COc1ccccc1[C@H]1c2cccn2CCN1Cc1ccc(C(=O)NCC(C)C)o1. The average molecular weight is 408 g/mol. The number of hydrogen-bond acceptors (Lipinski definition) is 4. The van der Waals surface area contributed by atoms with Crippen LogP contribution in [0.15, 0.2) is 59.1 Å². The molecule has 2 aromatic heterocycles. The number of carbonyl (C=O) groups is 1. The Morgan fingerprint density at radius 1 is 1.17 bits per heavy atom. The zero-order chi connectivity index (χ0) is 21.1. The van der Waals surface area contributed by atoms with E-state index in [-0.39, 0.29) is 11.9 Å². The Kier molecular flexibility index (Phi) is 5.95. The molecule has 0 bridgehead atoms. The van der Waals surface area contributed by atoms with Crippen LogP contribution in [0.5, 0.6) is 5.75 Å². The second kappa shape index (κ2) is 8.79. The summed E-state index contributed by atoms with van der Waals surface area (Å²) < 4.78 is 13.8. The van der Waals surface area contributed by atoms with Gasteiger partial charge in [0.15, 0.2) is 5.76 Å². The van der Waals surface area contributed by atoms with Crippen molar-refractivity contribution >= 4 is 5.91 Å². The molecule has 1 amide bonds. The number of nitrogens with zero attached hydrogens (tertiary/aromatic N) is 2. The van der Waals surface area contributed by atoms with Gasteiger partial charge >= 0.3 is 0 Å². The van der Waals surface area contributed by atoms with Crippen molar-refractivity contribution in [2.45, 2.75) is 33.0 Å². The van der Waals surface area contributed by atoms with E-state index in [0.717, 1.165) is 30.2 Å². The number of hydrogen-bond donors (Lipinski definition) is 1. The van der Waals surface area contributed by atoms with Gasteiger partial charge in [-0.1, -0.05) is 32.0 Å². The minimum absolute atomic E-state index is 0.0493. The summed E-state index contributed by atoms with van der Waals surface area (Å²) in [6, 6.07) is 16.1. The smallest absolute Gasteiger partial charge is 0.287 e. The summed E-state index contributed by atoms with van der Waals surface area (Å²) in [7, 11) is 1.71. The van der Waals surface area contributed by atoms with E-state index in [2.05, 4.69) is 53.0 Å². The van der Waals surface area contributed by atoms with Crippen molar-refractivity contribution in [1.29, 1.82) is 0 Å². The molecule has 3 heterocycles. The van der Waals surface area contributed by atoms with Gasteiger partial charge in [-0.2, -0.15) is 0 Å². The maximum absolute atomic E-state index is 12.3.